The van der Waals surface area contributed by atoms with Crippen molar-refractivity contribution in [3.8, 4) is 0 Å². The molecule has 1 fully saturated rings. The fraction of sp³-hybridized carbons (Fsp3) is 0.643. The van der Waals surface area contributed by atoms with E-state index in [2.05, 4.69) is 22.2 Å². The summed E-state index contributed by atoms with van der Waals surface area (Å²) in [5.74, 6) is -0.427. The van der Waals surface area contributed by atoms with E-state index in [0.717, 1.165) is 19.3 Å². The minimum absolute atomic E-state index is 0.200. The molecular weight excluding hydrogens is 272 g/mol. The summed E-state index contributed by atoms with van der Waals surface area (Å²) in [6.45, 7) is 3.55. The van der Waals surface area contributed by atoms with Crippen LogP contribution in [0, 0.1) is 5.92 Å². The minimum Gasteiger partial charge on any atom is -0.480 e. The monoisotopic (exact) mass is 294 g/mol. The maximum atomic E-state index is 12.2. The molecule has 2 heterocycles. The molecule has 1 aromatic heterocycles. The number of carbonyl (C=O) groups is 2. The van der Waals surface area contributed by atoms with E-state index in [4.69, 9.17) is 0 Å². The van der Waals surface area contributed by atoms with E-state index in [1.165, 1.54) is 6.33 Å². The van der Waals surface area contributed by atoms with Crippen LogP contribution in [0.25, 0.3) is 0 Å². The number of hydrogen-bond acceptors (Lipinski definition) is 3. The van der Waals surface area contributed by atoms with Crippen molar-refractivity contribution in [2.45, 2.75) is 38.6 Å². The van der Waals surface area contributed by atoms with Gasteiger partial charge in [-0.1, -0.05) is 6.92 Å². The number of amides is 2. The van der Waals surface area contributed by atoms with Gasteiger partial charge in [0.1, 0.15) is 6.04 Å². The van der Waals surface area contributed by atoms with E-state index in [1.807, 2.05) is 0 Å². The lowest BCUT2D eigenvalue weighted by molar-refractivity contribution is -0.139. The summed E-state index contributed by atoms with van der Waals surface area (Å²) in [5.41, 5.74) is 0.687. The molecule has 0 saturated carbocycles. The SMILES string of the molecule is CC1CCCN(C(=O)N[C@@H](Cc2cnc[nH]2)C(=O)O)CC1. The molecule has 7 nitrogen and oxygen atoms in total. The van der Waals surface area contributed by atoms with Gasteiger partial charge in [-0.15, -0.1) is 0 Å². The molecule has 7 heteroatoms. The number of rotatable bonds is 4. The summed E-state index contributed by atoms with van der Waals surface area (Å²) in [4.78, 5) is 31.9. The lowest BCUT2D eigenvalue weighted by Gasteiger charge is -2.23. The van der Waals surface area contributed by atoms with E-state index in [-0.39, 0.29) is 12.5 Å². The van der Waals surface area contributed by atoms with Gasteiger partial charge < -0.3 is 20.3 Å². The molecular formula is C14H22N4O3. The first-order chi connectivity index (χ1) is 10.1. The largest absolute Gasteiger partial charge is 0.480 e. The highest BCUT2D eigenvalue weighted by atomic mass is 16.4. The molecule has 0 spiro atoms. The van der Waals surface area contributed by atoms with Crippen molar-refractivity contribution in [3.63, 3.8) is 0 Å². The number of carboxylic acids is 1. The summed E-state index contributed by atoms with van der Waals surface area (Å²) in [7, 11) is 0. The second-order valence-corrected chi connectivity index (χ2v) is 5.64. The summed E-state index contributed by atoms with van der Waals surface area (Å²) in [6.07, 6.45) is 6.30. The van der Waals surface area contributed by atoms with Gasteiger partial charge in [-0.2, -0.15) is 0 Å². The highest BCUT2D eigenvalue weighted by molar-refractivity contribution is 5.82. The van der Waals surface area contributed by atoms with E-state index >= 15 is 0 Å². The Balaban J connectivity index is 1.93. The number of hydrogen-bond donors (Lipinski definition) is 3. The smallest absolute Gasteiger partial charge is 0.326 e. The van der Waals surface area contributed by atoms with Crippen molar-refractivity contribution in [1.29, 1.82) is 0 Å². The van der Waals surface area contributed by atoms with Gasteiger partial charge in [0.2, 0.25) is 0 Å². The van der Waals surface area contributed by atoms with Crippen molar-refractivity contribution >= 4 is 12.0 Å². The van der Waals surface area contributed by atoms with Gasteiger partial charge in [-0.05, 0) is 25.2 Å². The summed E-state index contributed by atoms with van der Waals surface area (Å²) < 4.78 is 0. The Morgan fingerprint density at radius 1 is 1.52 bits per heavy atom. The molecule has 1 saturated heterocycles. The van der Waals surface area contributed by atoms with Gasteiger partial charge >= 0.3 is 12.0 Å². The maximum absolute atomic E-state index is 12.2. The number of aromatic amines is 1. The second kappa shape index (κ2) is 7.10. The van der Waals surface area contributed by atoms with Crippen molar-refractivity contribution < 1.29 is 14.7 Å². The molecule has 3 N–H and O–H groups in total. The van der Waals surface area contributed by atoms with Crippen LogP contribution in [-0.2, 0) is 11.2 Å². The van der Waals surface area contributed by atoms with E-state index in [1.54, 1.807) is 11.1 Å². The first-order valence-electron chi connectivity index (χ1n) is 7.31. The fourth-order valence-corrected chi connectivity index (χ4v) is 2.52. The molecule has 1 aromatic rings. The van der Waals surface area contributed by atoms with E-state index < -0.39 is 12.0 Å². The number of carbonyl (C=O) groups excluding carboxylic acids is 1. The van der Waals surface area contributed by atoms with Crippen molar-refractivity contribution in [2.75, 3.05) is 13.1 Å². The standard InChI is InChI=1S/C14H22N4O3/c1-10-3-2-5-18(6-4-10)14(21)17-12(13(19)20)7-11-8-15-9-16-11/h8-10,12H,2-7H2,1H3,(H,15,16)(H,17,21)(H,19,20)/t10?,12-/m0/s1. The quantitative estimate of drug-likeness (QED) is 0.778. The Hall–Kier alpha value is -2.05. The number of aliphatic carboxylic acids is 1. The Morgan fingerprint density at radius 3 is 3.00 bits per heavy atom. The van der Waals surface area contributed by atoms with Crippen LogP contribution in [-0.4, -0.2) is 51.1 Å². The number of nitrogens with zero attached hydrogens (tertiary/aromatic N) is 2. The van der Waals surface area contributed by atoms with Crippen molar-refractivity contribution in [1.82, 2.24) is 20.2 Å². The highest BCUT2D eigenvalue weighted by Crippen LogP contribution is 2.16. The van der Waals surface area contributed by atoms with Crippen LogP contribution in [0.5, 0.6) is 0 Å². The average Bonchev–Trinajstić information content (AvgIpc) is 2.85. The first kappa shape index (κ1) is 15.3. The Morgan fingerprint density at radius 2 is 2.33 bits per heavy atom. The molecule has 2 amide bonds. The minimum atomic E-state index is -1.04. The third kappa shape index (κ3) is 4.47. The third-order valence-corrected chi connectivity index (χ3v) is 3.88. The normalized spacial score (nSPS) is 20.6. The summed E-state index contributed by atoms with van der Waals surface area (Å²) in [5, 5.41) is 11.9. The molecule has 1 unspecified atom stereocenters. The number of imidazole rings is 1. The summed E-state index contributed by atoms with van der Waals surface area (Å²) in [6, 6.07) is -1.24. The molecule has 21 heavy (non-hydrogen) atoms. The number of urea groups is 1. The number of likely N-dealkylation sites (tertiary alicyclic amines) is 1. The number of nitrogens with one attached hydrogen (secondary N) is 2. The van der Waals surface area contributed by atoms with Gasteiger partial charge in [-0.3, -0.25) is 0 Å². The van der Waals surface area contributed by atoms with Crippen LogP contribution in [0.2, 0.25) is 0 Å². The molecule has 1 aliphatic heterocycles. The third-order valence-electron chi connectivity index (χ3n) is 3.88. The van der Waals surface area contributed by atoms with E-state index in [9.17, 15) is 14.7 Å². The zero-order valence-corrected chi connectivity index (χ0v) is 12.2. The second-order valence-electron chi connectivity index (χ2n) is 5.64. The van der Waals surface area contributed by atoms with Crippen LogP contribution in [0.1, 0.15) is 31.9 Å². The van der Waals surface area contributed by atoms with E-state index in [0.29, 0.717) is 24.7 Å². The van der Waals surface area contributed by atoms with Crippen LogP contribution < -0.4 is 5.32 Å². The zero-order chi connectivity index (χ0) is 15.2. The molecule has 0 aliphatic carbocycles. The molecule has 0 bridgehead atoms. The van der Waals surface area contributed by atoms with Gasteiger partial charge in [0.15, 0.2) is 0 Å². The van der Waals surface area contributed by atoms with Crippen LogP contribution in [0.4, 0.5) is 4.79 Å². The van der Waals surface area contributed by atoms with Gasteiger partial charge in [0.05, 0.1) is 6.33 Å². The zero-order valence-electron chi connectivity index (χ0n) is 12.2. The maximum Gasteiger partial charge on any atom is 0.326 e. The Bertz CT molecular complexity index is 475. The average molecular weight is 294 g/mol. The Kier molecular flexibility index (Phi) is 5.19. The lowest BCUT2D eigenvalue weighted by atomic mass is 10.0. The number of aromatic nitrogens is 2. The molecule has 0 aromatic carbocycles. The van der Waals surface area contributed by atoms with Crippen LogP contribution >= 0.6 is 0 Å². The lowest BCUT2D eigenvalue weighted by Crippen LogP contribution is -2.49. The molecule has 116 valence electrons. The van der Waals surface area contributed by atoms with Gasteiger partial charge in [-0.25, -0.2) is 14.6 Å². The van der Waals surface area contributed by atoms with Crippen molar-refractivity contribution in [2.24, 2.45) is 5.92 Å². The number of H-pyrrole nitrogens is 1. The Labute approximate surface area is 123 Å². The predicted molar refractivity (Wildman–Crippen MR) is 76.8 cm³/mol. The highest BCUT2D eigenvalue weighted by Gasteiger charge is 2.25. The van der Waals surface area contributed by atoms with Gasteiger partial charge in [0, 0.05) is 31.4 Å². The van der Waals surface area contributed by atoms with Gasteiger partial charge in [0.25, 0.3) is 0 Å². The van der Waals surface area contributed by atoms with Crippen LogP contribution in [0.3, 0.4) is 0 Å². The summed E-state index contributed by atoms with van der Waals surface area (Å²) >= 11 is 0. The molecule has 2 atom stereocenters. The molecule has 0 radical (unpaired) electrons. The number of carboxylic acid groups (broad SMARTS) is 1. The molecule has 1 aliphatic rings. The topological polar surface area (TPSA) is 98.3 Å². The predicted octanol–water partition coefficient (Wildman–Crippen LogP) is 1.24. The van der Waals surface area contributed by atoms with Crippen LogP contribution in [0.15, 0.2) is 12.5 Å². The first-order valence-corrected chi connectivity index (χ1v) is 7.31. The fourth-order valence-electron chi connectivity index (χ4n) is 2.52. The van der Waals surface area contributed by atoms with Crippen molar-refractivity contribution in [3.05, 3.63) is 18.2 Å². The molecule has 2 rings (SSSR count).